The summed E-state index contributed by atoms with van der Waals surface area (Å²) in [6, 6.07) is 16.5. The summed E-state index contributed by atoms with van der Waals surface area (Å²) in [5.74, 6) is -0.0793. The van der Waals surface area contributed by atoms with Crippen LogP contribution in [0.15, 0.2) is 48.5 Å². The van der Waals surface area contributed by atoms with Gasteiger partial charge in [-0.15, -0.1) is 0 Å². The topological polar surface area (TPSA) is 29.5 Å². The second-order valence-electron chi connectivity index (χ2n) is 5.24. The number of nitrogens with zero attached hydrogens (tertiary/aromatic N) is 1. The van der Waals surface area contributed by atoms with Crippen LogP contribution in [0, 0.1) is 0 Å². The molecule has 0 aliphatic carbocycles. The maximum absolute atomic E-state index is 12.0. The first-order valence-corrected chi connectivity index (χ1v) is 7.29. The highest BCUT2D eigenvalue weighted by molar-refractivity contribution is 5.79. The fourth-order valence-electron chi connectivity index (χ4n) is 3.08. The second-order valence-corrected chi connectivity index (χ2v) is 5.24. The van der Waals surface area contributed by atoms with Gasteiger partial charge in [0.05, 0.1) is 13.0 Å². The monoisotopic (exact) mass is 281 g/mol. The minimum atomic E-state index is -0.142. The third-order valence-corrected chi connectivity index (χ3v) is 4.02. The van der Waals surface area contributed by atoms with E-state index in [-0.39, 0.29) is 11.9 Å². The van der Waals surface area contributed by atoms with Crippen LogP contribution in [-0.4, -0.2) is 19.6 Å². The summed E-state index contributed by atoms with van der Waals surface area (Å²) in [7, 11) is 2.07. The summed E-state index contributed by atoms with van der Waals surface area (Å²) in [6.45, 7) is 2.27. The van der Waals surface area contributed by atoms with E-state index in [9.17, 15) is 4.79 Å². The Bertz CT molecular complexity index is 618. The van der Waals surface area contributed by atoms with Crippen molar-refractivity contribution in [3.05, 3.63) is 59.7 Å². The Hall–Kier alpha value is -2.29. The van der Waals surface area contributed by atoms with E-state index in [1.807, 2.05) is 31.2 Å². The van der Waals surface area contributed by atoms with Crippen LogP contribution in [0.5, 0.6) is 0 Å². The first-order valence-electron chi connectivity index (χ1n) is 7.29. The van der Waals surface area contributed by atoms with Gasteiger partial charge >= 0.3 is 5.97 Å². The predicted molar refractivity (Wildman–Crippen MR) is 84.0 cm³/mol. The third-order valence-electron chi connectivity index (χ3n) is 4.02. The van der Waals surface area contributed by atoms with E-state index >= 15 is 0 Å². The van der Waals surface area contributed by atoms with Gasteiger partial charge in [0.1, 0.15) is 0 Å². The van der Waals surface area contributed by atoms with Gasteiger partial charge < -0.3 is 9.64 Å². The molecule has 0 amide bonds. The van der Waals surface area contributed by atoms with Crippen LogP contribution >= 0.6 is 0 Å². The molecule has 0 saturated carbocycles. The number of esters is 1. The van der Waals surface area contributed by atoms with Gasteiger partial charge in [0.15, 0.2) is 0 Å². The van der Waals surface area contributed by atoms with E-state index in [4.69, 9.17) is 4.74 Å². The predicted octanol–water partition coefficient (Wildman–Crippen LogP) is 3.85. The van der Waals surface area contributed by atoms with Crippen molar-refractivity contribution in [3.63, 3.8) is 0 Å². The molecule has 3 nitrogen and oxygen atoms in total. The van der Waals surface area contributed by atoms with Crippen molar-refractivity contribution in [3.8, 4) is 0 Å². The second kappa shape index (κ2) is 5.60. The fraction of sp³-hybridized carbons (Fsp3) is 0.278. The van der Waals surface area contributed by atoms with Crippen molar-refractivity contribution in [1.29, 1.82) is 0 Å². The average Bonchev–Trinajstić information content (AvgIpc) is 2.52. The van der Waals surface area contributed by atoms with Gasteiger partial charge in [0.2, 0.25) is 0 Å². The minimum absolute atomic E-state index is 0.0626. The van der Waals surface area contributed by atoms with Crippen LogP contribution in [0.4, 0.5) is 11.4 Å². The molecule has 3 heteroatoms. The first-order chi connectivity index (χ1) is 10.2. The number of anilines is 2. The number of para-hydroxylation sites is 2. The van der Waals surface area contributed by atoms with Gasteiger partial charge in [-0.05, 0) is 30.2 Å². The lowest BCUT2D eigenvalue weighted by molar-refractivity contribution is -0.143. The molecule has 0 bridgehead atoms. The maximum atomic E-state index is 12.0. The smallest absolute Gasteiger partial charge is 0.306 e. The number of carbonyl (C=O) groups is 1. The van der Waals surface area contributed by atoms with E-state index in [1.165, 1.54) is 11.1 Å². The molecule has 0 N–H and O–H groups in total. The van der Waals surface area contributed by atoms with E-state index in [2.05, 4.69) is 36.2 Å². The quantitative estimate of drug-likeness (QED) is 0.800. The highest BCUT2D eigenvalue weighted by Crippen LogP contribution is 2.45. The Morgan fingerprint density at radius 1 is 1.05 bits per heavy atom. The molecule has 1 aliphatic rings. The van der Waals surface area contributed by atoms with Gasteiger partial charge in [-0.25, -0.2) is 0 Å². The standard InChI is InChI=1S/C18H19NO2/c1-3-21-18(20)12-15-13-8-4-6-10-16(13)19(2)17-11-7-5-9-14(15)17/h4-11,15H,3,12H2,1-2H3. The summed E-state index contributed by atoms with van der Waals surface area (Å²) in [5.41, 5.74) is 4.69. The molecule has 1 aliphatic heterocycles. The van der Waals surface area contributed by atoms with Crippen LogP contribution in [0.1, 0.15) is 30.4 Å². The lowest BCUT2D eigenvalue weighted by atomic mass is 9.83. The lowest BCUT2D eigenvalue weighted by Gasteiger charge is -2.35. The van der Waals surface area contributed by atoms with Crippen molar-refractivity contribution in [2.24, 2.45) is 0 Å². The molecule has 0 spiro atoms. The van der Waals surface area contributed by atoms with Crippen molar-refractivity contribution in [2.45, 2.75) is 19.3 Å². The molecular weight excluding hydrogens is 262 g/mol. The molecule has 0 atom stereocenters. The van der Waals surface area contributed by atoms with Gasteiger partial charge in [0, 0.05) is 24.3 Å². The number of ether oxygens (including phenoxy) is 1. The van der Waals surface area contributed by atoms with Gasteiger partial charge in [-0.3, -0.25) is 4.79 Å². The SMILES string of the molecule is CCOC(=O)CC1c2ccccc2N(C)c2ccccc21. The number of rotatable bonds is 3. The molecule has 21 heavy (non-hydrogen) atoms. The lowest BCUT2D eigenvalue weighted by Crippen LogP contribution is -2.23. The van der Waals surface area contributed by atoms with Crippen LogP contribution in [0.2, 0.25) is 0 Å². The molecule has 0 saturated heterocycles. The molecule has 2 aromatic carbocycles. The first kappa shape index (κ1) is 13.7. The molecular formula is C18H19NO2. The molecule has 0 unspecified atom stereocenters. The Balaban J connectivity index is 2.07. The largest absolute Gasteiger partial charge is 0.466 e. The highest BCUT2D eigenvalue weighted by atomic mass is 16.5. The third kappa shape index (κ3) is 2.40. The summed E-state index contributed by atoms with van der Waals surface area (Å²) in [5, 5.41) is 0. The number of fused-ring (bicyclic) bond motifs is 2. The van der Waals surface area contributed by atoms with Gasteiger partial charge in [0.25, 0.3) is 0 Å². The molecule has 0 fully saturated rings. The fourth-order valence-corrected chi connectivity index (χ4v) is 3.08. The van der Waals surface area contributed by atoms with Crippen LogP contribution in [0.3, 0.4) is 0 Å². The van der Waals surface area contributed by atoms with Crippen LogP contribution in [0.25, 0.3) is 0 Å². The zero-order valence-corrected chi connectivity index (χ0v) is 12.4. The Morgan fingerprint density at radius 3 is 2.10 bits per heavy atom. The van der Waals surface area contributed by atoms with E-state index in [0.29, 0.717) is 13.0 Å². The van der Waals surface area contributed by atoms with Gasteiger partial charge in [-0.2, -0.15) is 0 Å². The zero-order valence-electron chi connectivity index (χ0n) is 12.4. The average molecular weight is 281 g/mol. The Morgan fingerprint density at radius 2 is 1.57 bits per heavy atom. The normalized spacial score (nSPS) is 13.5. The summed E-state index contributed by atoms with van der Waals surface area (Å²) in [6.07, 6.45) is 0.385. The Kier molecular flexibility index (Phi) is 3.65. The van der Waals surface area contributed by atoms with Gasteiger partial charge in [-0.1, -0.05) is 36.4 Å². The van der Waals surface area contributed by atoms with E-state index < -0.39 is 0 Å². The number of hydrogen-bond donors (Lipinski definition) is 0. The van der Waals surface area contributed by atoms with E-state index in [1.54, 1.807) is 0 Å². The highest BCUT2D eigenvalue weighted by Gasteiger charge is 2.30. The summed E-state index contributed by atoms with van der Waals surface area (Å²) in [4.78, 5) is 14.2. The molecule has 2 aromatic rings. The zero-order chi connectivity index (χ0) is 14.8. The molecule has 0 radical (unpaired) electrons. The summed E-state index contributed by atoms with van der Waals surface area (Å²) < 4.78 is 5.15. The van der Waals surface area contributed by atoms with Crippen molar-refractivity contribution in [1.82, 2.24) is 0 Å². The van der Waals surface area contributed by atoms with Crippen molar-refractivity contribution < 1.29 is 9.53 Å². The maximum Gasteiger partial charge on any atom is 0.306 e. The van der Waals surface area contributed by atoms with E-state index in [0.717, 1.165) is 11.4 Å². The molecule has 3 rings (SSSR count). The molecule has 0 aromatic heterocycles. The molecule has 1 heterocycles. The van der Waals surface area contributed by atoms with Crippen LogP contribution in [-0.2, 0) is 9.53 Å². The Labute approximate surface area is 125 Å². The number of carbonyl (C=O) groups excluding carboxylic acids is 1. The van der Waals surface area contributed by atoms with Crippen LogP contribution < -0.4 is 4.90 Å². The number of hydrogen-bond acceptors (Lipinski definition) is 3. The summed E-state index contributed by atoms with van der Waals surface area (Å²) >= 11 is 0. The number of benzene rings is 2. The van der Waals surface area contributed by atoms with Crippen molar-refractivity contribution in [2.75, 3.05) is 18.6 Å². The minimum Gasteiger partial charge on any atom is -0.466 e. The molecule has 108 valence electrons. The van der Waals surface area contributed by atoms with Crippen molar-refractivity contribution >= 4 is 17.3 Å².